The predicted molar refractivity (Wildman–Crippen MR) is 85.4 cm³/mol. The molecule has 9 heteroatoms. The highest BCUT2D eigenvalue weighted by Crippen LogP contribution is 2.32. The number of rotatable bonds is 7. The number of sulfone groups is 1. The Morgan fingerprint density at radius 1 is 1.28 bits per heavy atom. The van der Waals surface area contributed by atoms with E-state index in [9.17, 15) is 22.0 Å². The minimum Gasteiger partial charge on any atom is -0.361 e. The second-order valence-electron chi connectivity index (χ2n) is 6.14. The Kier molecular flexibility index (Phi) is 4.85. The van der Waals surface area contributed by atoms with Gasteiger partial charge in [0.2, 0.25) is 5.91 Å². The third kappa shape index (κ3) is 5.09. The fourth-order valence-corrected chi connectivity index (χ4v) is 3.54. The number of halogens is 2. The summed E-state index contributed by atoms with van der Waals surface area (Å²) in [4.78, 5) is 11.8. The zero-order chi connectivity index (χ0) is 18.0. The molecule has 0 bridgehead atoms. The molecule has 2 aromatic rings. The van der Waals surface area contributed by atoms with Crippen LogP contribution < -0.4 is 5.32 Å². The molecule has 0 unspecified atom stereocenters. The van der Waals surface area contributed by atoms with Gasteiger partial charge in [0.05, 0.1) is 17.1 Å². The van der Waals surface area contributed by atoms with Crippen LogP contribution in [0, 0.1) is 17.6 Å². The number of aromatic nitrogens is 1. The van der Waals surface area contributed by atoms with Crippen molar-refractivity contribution in [1.29, 1.82) is 0 Å². The van der Waals surface area contributed by atoms with Crippen LogP contribution >= 0.6 is 0 Å². The van der Waals surface area contributed by atoms with E-state index in [0.29, 0.717) is 17.7 Å². The van der Waals surface area contributed by atoms with Gasteiger partial charge in [-0.05, 0) is 30.9 Å². The van der Waals surface area contributed by atoms with Crippen LogP contribution in [0.2, 0.25) is 0 Å². The highest BCUT2D eigenvalue weighted by molar-refractivity contribution is 7.91. The Morgan fingerprint density at radius 3 is 2.72 bits per heavy atom. The van der Waals surface area contributed by atoms with Gasteiger partial charge in [0.25, 0.3) is 0 Å². The Balaban J connectivity index is 1.58. The van der Waals surface area contributed by atoms with E-state index in [1.54, 1.807) is 6.07 Å². The van der Waals surface area contributed by atoms with Gasteiger partial charge in [-0.25, -0.2) is 17.2 Å². The van der Waals surface area contributed by atoms with Crippen molar-refractivity contribution in [2.75, 3.05) is 11.1 Å². The van der Waals surface area contributed by atoms with Crippen LogP contribution in [-0.4, -0.2) is 25.2 Å². The maximum Gasteiger partial charge on any atom is 0.239 e. The molecule has 1 saturated carbocycles. The number of amides is 1. The topological polar surface area (TPSA) is 89.3 Å². The molecule has 1 fully saturated rings. The Hall–Kier alpha value is -2.29. The Morgan fingerprint density at radius 2 is 2.04 bits per heavy atom. The molecule has 3 rings (SSSR count). The van der Waals surface area contributed by atoms with Gasteiger partial charge in [-0.3, -0.25) is 4.79 Å². The zero-order valence-electron chi connectivity index (χ0n) is 13.2. The first kappa shape index (κ1) is 17.5. The van der Waals surface area contributed by atoms with Crippen LogP contribution in [0.5, 0.6) is 0 Å². The third-order valence-corrected chi connectivity index (χ3v) is 5.16. The van der Waals surface area contributed by atoms with Crippen molar-refractivity contribution in [3.05, 3.63) is 47.4 Å². The van der Waals surface area contributed by atoms with Crippen LogP contribution in [0.1, 0.15) is 24.3 Å². The number of carbonyl (C=O) groups excluding carboxylic acids is 1. The summed E-state index contributed by atoms with van der Waals surface area (Å²) in [5.74, 6) is -2.76. The summed E-state index contributed by atoms with van der Waals surface area (Å²) in [5, 5.41) is 5.83. The van der Waals surface area contributed by atoms with Gasteiger partial charge >= 0.3 is 0 Å². The molecule has 1 aromatic heterocycles. The molecule has 1 aliphatic rings. The van der Waals surface area contributed by atoms with E-state index in [1.807, 2.05) is 0 Å². The fraction of sp³-hybridized carbons (Fsp3) is 0.375. The fourth-order valence-electron chi connectivity index (χ4n) is 2.38. The van der Waals surface area contributed by atoms with Crippen LogP contribution in [-0.2, 0) is 26.8 Å². The molecule has 0 aliphatic heterocycles. The van der Waals surface area contributed by atoms with Crippen molar-refractivity contribution >= 4 is 21.4 Å². The highest BCUT2D eigenvalue weighted by Gasteiger charge is 2.25. The lowest BCUT2D eigenvalue weighted by molar-refractivity contribution is -0.113. The van der Waals surface area contributed by atoms with E-state index in [0.717, 1.165) is 31.4 Å². The SMILES string of the molecule is O=C(CS(=O)(=O)Cc1cc(CC2CC2)on1)Nc1ccc(F)cc1F. The van der Waals surface area contributed by atoms with Crippen LogP contribution in [0.4, 0.5) is 14.5 Å². The first-order chi connectivity index (χ1) is 11.8. The summed E-state index contributed by atoms with van der Waals surface area (Å²) in [6.07, 6.45) is 3.00. The number of nitrogens with one attached hydrogen (secondary N) is 1. The molecule has 0 radical (unpaired) electrons. The summed E-state index contributed by atoms with van der Waals surface area (Å²) >= 11 is 0. The number of carbonyl (C=O) groups is 1. The quantitative estimate of drug-likeness (QED) is 0.809. The average Bonchev–Trinajstić information content (AvgIpc) is 3.20. The van der Waals surface area contributed by atoms with Crippen LogP contribution in [0.3, 0.4) is 0 Å². The van der Waals surface area contributed by atoms with Gasteiger partial charge in [-0.15, -0.1) is 0 Å². The maximum atomic E-state index is 13.5. The molecular weight excluding hydrogens is 354 g/mol. The molecule has 134 valence electrons. The normalized spacial score (nSPS) is 14.5. The van der Waals surface area contributed by atoms with Gasteiger partial charge in [0, 0.05) is 18.6 Å². The third-order valence-electron chi connectivity index (χ3n) is 3.72. The number of hydrogen-bond acceptors (Lipinski definition) is 5. The van der Waals surface area contributed by atoms with Gasteiger partial charge in [-0.1, -0.05) is 5.16 Å². The lowest BCUT2D eigenvalue weighted by atomic mass is 10.2. The lowest BCUT2D eigenvalue weighted by Crippen LogP contribution is -2.24. The summed E-state index contributed by atoms with van der Waals surface area (Å²) < 4.78 is 55.6. The standard InChI is InChI=1S/C16H16F2N2O4S/c17-11-3-4-15(14(18)6-11)19-16(21)9-25(22,23)8-12-7-13(24-20-12)5-10-1-2-10/h3-4,6-7,10H,1-2,5,8-9H2,(H,19,21). The molecule has 1 amide bonds. The van der Waals surface area contributed by atoms with Crippen molar-refractivity contribution in [2.24, 2.45) is 5.92 Å². The molecule has 0 spiro atoms. The van der Waals surface area contributed by atoms with Crippen LogP contribution in [0.25, 0.3) is 0 Å². The molecule has 1 N–H and O–H groups in total. The van der Waals surface area contributed by atoms with Crippen molar-refractivity contribution in [2.45, 2.75) is 25.0 Å². The molecule has 1 heterocycles. The predicted octanol–water partition coefficient (Wildman–Crippen LogP) is 2.46. The molecule has 6 nitrogen and oxygen atoms in total. The summed E-state index contributed by atoms with van der Waals surface area (Å²) in [6.45, 7) is 0. The maximum absolute atomic E-state index is 13.5. The molecule has 0 saturated heterocycles. The van der Waals surface area contributed by atoms with Crippen LogP contribution in [0.15, 0.2) is 28.8 Å². The van der Waals surface area contributed by atoms with Gasteiger partial charge in [0.15, 0.2) is 9.84 Å². The molecule has 1 aliphatic carbocycles. The van der Waals surface area contributed by atoms with E-state index in [-0.39, 0.29) is 11.4 Å². The van der Waals surface area contributed by atoms with E-state index in [2.05, 4.69) is 10.5 Å². The molecule has 25 heavy (non-hydrogen) atoms. The smallest absolute Gasteiger partial charge is 0.239 e. The van der Waals surface area contributed by atoms with Gasteiger partial charge < -0.3 is 9.84 Å². The van der Waals surface area contributed by atoms with Gasteiger partial charge in [-0.2, -0.15) is 0 Å². The van der Waals surface area contributed by atoms with Gasteiger partial charge in [0.1, 0.15) is 23.1 Å². The van der Waals surface area contributed by atoms with E-state index in [4.69, 9.17) is 4.52 Å². The highest BCUT2D eigenvalue weighted by atomic mass is 32.2. The van der Waals surface area contributed by atoms with Crippen molar-refractivity contribution in [3.63, 3.8) is 0 Å². The van der Waals surface area contributed by atoms with E-state index < -0.39 is 38.9 Å². The molecule has 1 aromatic carbocycles. The number of benzene rings is 1. The summed E-state index contributed by atoms with van der Waals surface area (Å²) in [6, 6.07) is 4.16. The monoisotopic (exact) mass is 370 g/mol. The summed E-state index contributed by atoms with van der Waals surface area (Å²) in [7, 11) is -3.81. The first-order valence-electron chi connectivity index (χ1n) is 7.70. The minimum absolute atomic E-state index is 0.233. The number of hydrogen-bond donors (Lipinski definition) is 1. The van der Waals surface area contributed by atoms with Crippen molar-refractivity contribution in [3.8, 4) is 0 Å². The van der Waals surface area contributed by atoms with Crippen molar-refractivity contribution in [1.82, 2.24) is 5.16 Å². The molecular formula is C16H16F2N2O4S. The number of nitrogens with zero attached hydrogens (tertiary/aromatic N) is 1. The second kappa shape index (κ2) is 6.91. The van der Waals surface area contributed by atoms with Crippen molar-refractivity contribution < 1.29 is 26.5 Å². The average molecular weight is 370 g/mol. The minimum atomic E-state index is -3.81. The second-order valence-corrected chi connectivity index (χ2v) is 8.20. The zero-order valence-corrected chi connectivity index (χ0v) is 14.0. The van der Waals surface area contributed by atoms with E-state index >= 15 is 0 Å². The number of anilines is 1. The largest absolute Gasteiger partial charge is 0.361 e. The van der Waals surface area contributed by atoms with E-state index in [1.165, 1.54) is 0 Å². The Bertz CT molecular complexity index is 891. The first-order valence-corrected chi connectivity index (χ1v) is 9.53. The Labute approximate surface area is 143 Å². The molecule has 0 atom stereocenters. The summed E-state index contributed by atoms with van der Waals surface area (Å²) in [5.41, 5.74) is -0.0498. The lowest BCUT2D eigenvalue weighted by Gasteiger charge is -2.06.